The molecule has 0 saturated carbocycles. The lowest BCUT2D eigenvalue weighted by atomic mass is 10.2. The van der Waals surface area contributed by atoms with Crippen molar-refractivity contribution in [3.63, 3.8) is 0 Å². The first-order valence-corrected chi connectivity index (χ1v) is 5.20. The average molecular weight is 218 g/mol. The zero-order valence-corrected chi connectivity index (χ0v) is 9.43. The van der Waals surface area contributed by atoms with Crippen molar-refractivity contribution in [3.8, 4) is 0 Å². The van der Waals surface area contributed by atoms with Crippen LogP contribution in [0.5, 0.6) is 0 Å². The van der Waals surface area contributed by atoms with E-state index in [4.69, 9.17) is 0 Å². The zero-order valence-electron chi connectivity index (χ0n) is 9.43. The van der Waals surface area contributed by atoms with E-state index < -0.39 is 0 Å². The predicted molar refractivity (Wildman–Crippen MR) is 61.5 cm³/mol. The fourth-order valence-corrected chi connectivity index (χ4v) is 1.45. The normalized spacial score (nSPS) is 9.38. The number of benzene rings is 1. The highest BCUT2D eigenvalue weighted by Crippen LogP contribution is 2.14. The van der Waals surface area contributed by atoms with Crippen molar-refractivity contribution < 1.29 is 9.59 Å². The molecule has 0 atom stereocenters. The summed E-state index contributed by atoms with van der Waals surface area (Å²) in [5.74, 6) is -0.0482. The topological polar surface area (TPSA) is 49.7 Å². The van der Waals surface area contributed by atoms with E-state index in [1.807, 2.05) is 13.8 Å². The van der Waals surface area contributed by atoms with Crippen LogP contribution in [-0.4, -0.2) is 30.0 Å². The monoisotopic (exact) mass is 218 g/mol. The maximum Gasteiger partial charge on any atom is 0.253 e. The maximum absolute atomic E-state index is 11.9. The Morgan fingerprint density at radius 2 is 2.06 bits per heavy atom. The molecule has 0 spiro atoms. The lowest BCUT2D eigenvalue weighted by Gasteiger charge is -2.18. The van der Waals surface area contributed by atoms with Gasteiger partial charge in [0, 0.05) is 18.7 Å². The molecule has 0 bridgehead atoms. The standard InChI is InChI=1S/C12H14N2O2/c1-3-14(4-2)12(16)10-6-5-7-11(8-10)13-9-15/h5-8H,3-4H2,1-2H3. The minimum atomic E-state index is -0.0482. The van der Waals surface area contributed by atoms with Crippen LogP contribution in [0.2, 0.25) is 0 Å². The Balaban J connectivity index is 2.99. The van der Waals surface area contributed by atoms with Crippen LogP contribution in [0.15, 0.2) is 29.3 Å². The SMILES string of the molecule is CCN(CC)C(=O)c1cccc(N=C=O)c1. The molecule has 1 rings (SSSR count). The maximum atomic E-state index is 11.9. The van der Waals surface area contributed by atoms with Gasteiger partial charge in [0.2, 0.25) is 6.08 Å². The van der Waals surface area contributed by atoms with Crippen molar-refractivity contribution in [2.24, 2.45) is 4.99 Å². The molecule has 4 heteroatoms. The van der Waals surface area contributed by atoms with Crippen LogP contribution in [0.25, 0.3) is 0 Å². The van der Waals surface area contributed by atoms with Gasteiger partial charge in [-0.25, -0.2) is 4.79 Å². The van der Waals surface area contributed by atoms with Crippen LogP contribution in [0, 0.1) is 0 Å². The van der Waals surface area contributed by atoms with Crippen LogP contribution < -0.4 is 0 Å². The van der Waals surface area contributed by atoms with Crippen LogP contribution in [0.1, 0.15) is 24.2 Å². The average Bonchev–Trinajstić information content (AvgIpc) is 2.31. The van der Waals surface area contributed by atoms with Crippen molar-refractivity contribution in [2.45, 2.75) is 13.8 Å². The van der Waals surface area contributed by atoms with Gasteiger partial charge in [-0.05, 0) is 32.0 Å². The molecule has 0 unspecified atom stereocenters. The van der Waals surface area contributed by atoms with Gasteiger partial charge in [-0.2, -0.15) is 4.99 Å². The summed E-state index contributed by atoms with van der Waals surface area (Å²) in [6.45, 7) is 5.18. The first-order chi connectivity index (χ1) is 7.72. The molecular formula is C12H14N2O2. The minimum Gasteiger partial charge on any atom is -0.339 e. The molecule has 0 aliphatic rings. The molecule has 0 heterocycles. The number of isocyanates is 1. The van der Waals surface area contributed by atoms with Crippen molar-refractivity contribution in [3.05, 3.63) is 29.8 Å². The number of carbonyl (C=O) groups is 1. The van der Waals surface area contributed by atoms with Gasteiger partial charge in [0.25, 0.3) is 5.91 Å². The second-order valence-electron chi connectivity index (χ2n) is 3.23. The molecule has 1 aromatic rings. The largest absolute Gasteiger partial charge is 0.339 e. The van der Waals surface area contributed by atoms with Crippen molar-refractivity contribution in [2.75, 3.05) is 13.1 Å². The van der Waals surface area contributed by atoms with Crippen LogP contribution >= 0.6 is 0 Å². The quantitative estimate of drug-likeness (QED) is 0.574. The molecule has 1 amide bonds. The lowest BCUT2D eigenvalue weighted by Crippen LogP contribution is -2.30. The third kappa shape index (κ3) is 2.78. The van der Waals surface area contributed by atoms with Gasteiger partial charge in [0.05, 0.1) is 5.69 Å². The minimum absolute atomic E-state index is 0.0482. The molecule has 0 saturated heterocycles. The van der Waals surface area contributed by atoms with Crippen LogP contribution in [-0.2, 0) is 4.79 Å². The molecule has 0 radical (unpaired) electrons. The Morgan fingerprint density at radius 3 is 2.62 bits per heavy atom. The number of hydrogen-bond donors (Lipinski definition) is 0. The van der Waals surface area contributed by atoms with Gasteiger partial charge < -0.3 is 4.90 Å². The van der Waals surface area contributed by atoms with E-state index in [-0.39, 0.29) is 5.91 Å². The van der Waals surface area contributed by atoms with E-state index in [1.165, 1.54) is 6.08 Å². The summed E-state index contributed by atoms with van der Waals surface area (Å²) in [6.07, 6.45) is 1.46. The molecule has 1 aromatic carbocycles. The van der Waals surface area contributed by atoms with Crippen LogP contribution in [0.3, 0.4) is 0 Å². The van der Waals surface area contributed by atoms with Gasteiger partial charge in [0.15, 0.2) is 0 Å². The number of rotatable bonds is 4. The van der Waals surface area contributed by atoms with E-state index in [0.717, 1.165) is 0 Å². The summed E-state index contributed by atoms with van der Waals surface area (Å²) in [5, 5.41) is 0. The molecule has 0 N–H and O–H groups in total. The fourth-order valence-electron chi connectivity index (χ4n) is 1.45. The molecule has 16 heavy (non-hydrogen) atoms. The van der Waals surface area contributed by atoms with Crippen LogP contribution in [0.4, 0.5) is 5.69 Å². The van der Waals surface area contributed by atoms with E-state index in [0.29, 0.717) is 24.3 Å². The number of hydrogen-bond acceptors (Lipinski definition) is 3. The Labute approximate surface area is 94.6 Å². The van der Waals surface area contributed by atoms with Crippen molar-refractivity contribution >= 4 is 17.7 Å². The van der Waals surface area contributed by atoms with Gasteiger partial charge in [0.1, 0.15) is 0 Å². The highest BCUT2D eigenvalue weighted by molar-refractivity contribution is 5.95. The van der Waals surface area contributed by atoms with Gasteiger partial charge in [-0.3, -0.25) is 4.79 Å². The first-order valence-electron chi connectivity index (χ1n) is 5.20. The van der Waals surface area contributed by atoms with Gasteiger partial charge in [-0.1, -0.05) is 6.07 Å². The molecule has 0 fully saturated rings. The third-order valence-electron chi connectivity index (χ3n) is 2.32. The van der Waals surface area contributed by atoms with Crippen molar-refractivity contribution in [1.82, 2.24) is 4.90 Å². The Bertz CT molecular complexity index is 419. The fraction of sp³-hybridized carbons (Fsp3) is 0.333. The number of amides is 1. The summed E-state index contributed by atoms with van der Waals surface area (Å²) in [4.78, 5) is 27.3. The Hall–Kier alpha value is -1.93. The first kappa shape index (κ1) is 12.1. The second kappa shape index (κ2) is 5.83. The van der Waals surface area contributed by atoms with E-state index >= 15 is 0 Å². The highest BCUT2D eigenvalue weighted by atomic mass is 16.2. The molecule has 0 aromatic heterocycles. The lowest BCUT2D eigenvalue weighted by molar-refractivity contribution is 0.0773. The molecular weight excluding hydrogens is 204 g/mol. The van der Waals surface area contributed by atoms with E-state index in [1.54, 1.807) is 29.2 Å². The third-order valence-corrected chi connectivity index (χ3v) is 2.32. The molecule has 84 valence electrons. The number of nitrogens with zero attached hydrogens (tertiary/aromatic N) is 2. The molecule has 0 aliphatic heterocycles. The summed E-state index contributed by atoms with van der Waals surface area (Å²) in [5.41, 5.74) is 0.994. The summed E-state index contributed by atoms with van der Waals surface area (Å²) in [6, 6.07) is 6.66. The summed E-state index contributed by atoms with van der Waals surface area (Å²) in [7, 11) is 0. The van der Waals surface area contributed by atoms with E-state index in [9.17, 15) is 9.59 Å². The second-order valence-corrected chi connectivity index (χ2v) is 3.23. The van der Waals surface area contributed by atoms with Crippen molar-refractivity contribution in [1.29, 1.82) is 0 Å². The van der Waals surface area contributed by atoms with Gasteiger partial charge >= 0.3 is 0 Å². The number of carbonyl (C=O) groups excluding carboxylic acids is 2. The molecule has 0 aliphatic carbocycles. The summed E-state index contributed by atoms with van der Waals surface area (Å²) < 4.78 is 0. The summed E-state index contributed by atoms with van der Waals surface area (Å²) >= 11 is 0. The van der Waals surface area contributed by atoms with E-state index in [2.05, 4.69) is 4.99 Å². The Morgan fingerprint density at radius 1 is 1.38 bits per heavy atom. The smallest absolute Gasteiger partial charge is 0.253 e. The Kier molecular flexibility index (Phi) is 4.42. The zero-order chi connectivity index (χ0) is 12.0. The van der Waals surface area contributed by atoms with Gasteiger partial charge in [-0.15, -0.1) is 0 Å². The highest BCUT2D eigenvalue weighted by Gasteiger charge is 2.12. The predicted octanol–water partition coefficient (Wildman–Crippen LogP) is 2.14. The number of aliphatic imine (C=N–C) groups is 1. The molecule has 4 nitrogen and oxygen atoms in total.